The van der Waals surface area contributed by atoms with E-state index in [0.29, 0.717) is 11.1 Å². The lowest BCUT2D eigenvalue weighted by molar-refractivity contribution is 0.125. The monoisotopic (exact) mass is 249 g/mol. The number of hydrogen-bond acceptors (Lipinski definition) is 1. The number of ether oxygens (including phenoxy) is 1. The largest absolute Gasteiger partial charge is 0.485 e. The van der Waals surface area contributed by atoms with E-state index in [0.717, 1.165) is 24.1 Å². The third kappa shape index (κ3) is 2.66. The van der Waals surface area contributed by atoms with E-state index in [1.165, 1.54) is 0 Å². The van der Waals surface area contributed by atoms with Gasteiger partial charge < -0.3 is 9.72 Å². The number of aromatic amines is 1. The van der Waals surface area contributed by atoms with Crippen LogP contribution in [-0.2, 0) is 6.42 Å². The Balaban J connectivity index is 2.43. The molecular formula is C15H20FNO. The van der Waals surface area contributed by atoms with Gasteiger partial charge in [-0.3, -0.25) is 0 Å². The Bertz CT molecular complexity index is 551. The molecule has 1 aromatic carbocycles. The van der Waals surface area contributed by atoms with Gasteiger partial charge in [0.05, 0.1) is 0 Å². The predicted octanol–water partition coefficient (Wildman–Crippen LogP) is 4.44. The van der Waals surface area contributed by atoms with Gasteiger partial charge in [-0.05, 0) is 45.4 Å². The number of aromatic nitrogens is 1. The Morgan fingerprint density at radius 1 is 1.28 bits per heavy atom. The molecule has 2 aromatic rings. The predicted molar refractivity (Wildman–Crippen MR) is 72.6 cm³/mol. The highest BCUT2D eigenvalue weighted by Crippen LogP contribution is 2.29. The molecule has 0 saturated carbocycles. The van der Waals surface area contributed by atoms with Crippen LogP contribution in [0.4, 0.5) is 4.39 Å². The molecule has 0 radical (unpaired) electrons. The Kier molecular flexibility index (Phi) is 3.33. The van der Waals surface area contributed by atoms with Gasteiger partial charge in [-0.1, -0.05) is 13.3 Å². The summed E-state index contributed by atoms with van der Waals surface area (Å²) < 4.78 is 19.9. The van der Waals surface area contributed by atoms with E-state index in [4.69, 9.17) is 4.74 Å². The topological polar surface area (TPSA) is 25.0 Å². The van der Waals surface area contributed by atoms with Crippen molar-refractivity contribution in [3.8, 4) is 5.75 Å². The van der Waals surface area contributed by atoms with Crippen molar-refractivity contribution in [2.24, 2.45) is 0 Å². The summed E-state index contributed by atoms with van der Waals surface area (Å²) in [6.07, 6.45) is 1.98. The van der Waals surface area contributed by atoms with Crippen LogP contribution in [0.3, 0.4) is 0 Å². The molecule has 0 amide bonds. The first-order chi connectivity index (χ1) is 8.40. The average molecular weight is 249 g/mol. The number of benzene rings is 1. The van der Waals surface area contributed by atoms with E-state index < -0.39 is 5.60 Å². The number of rotatable bonds is 3. The number of nitrogens with one attached hydrogen (secondary N) is 1. The van der Waals surface area contributed by atoms with Crippen LogP contribution < -0.4 is 4.74 Å². The van der Waals surface area contributed by atoms with E-state index >= 15 is 0 Å². The second kappa shape index (κ2) is 4.63. The first kappa shape index (κ1) is 12.9. The lowest BCUT2D eigenvalue weighted by Gasteiger charge is -2.21. The molecule has 0 unspecified atom stereocenters. The van der Waals surface area contributed by atoms with Gasteiger partial charge in [-0.15, -0.1) is 0 Å². The van der Waals surface area contributed by atoms with Crippen molar-refractivity contribution in [1.29, 1.82) is 0 Å². The van der Waals surface area contributed by atoms with Crippen LogP contribution >= 0.6 is 0 Å². The van der Waals surface area contributed by atoms with Crippen LogP contribution in [0.5, 0.6) is 5.75 Å². The Hall–Kier alpha value is -1.51. The Labute approximate surface area is 107 Å². The van der Waals surface area contributed by atoms with Crippen LogP contribution in [-0.4, -0.2) is 10.6 Å². The number of aryl methyl sites for hydroxylation is 1. The molecule has 1 heterocycles. The van der Waals surface area contributed by atoms with Crippen LogP contribution in [0.25, 0.3) is 10.9 Å². The molecule has 3 heteroatoms. The molecule has 0 aliphatic carbocycles. The van der Waals surface area contributed by atoms with Crippen molar-refractivity contribution >= 4 is 10.9 Å². The normalized spacial score (nSPS) is 12.1. The van der Waals surface area contributed by atoms with Gasteiger partial charge >= 0.3 is 0 Å². The van der Waals surface area contributed by atoms with Gasteiger partial charge in [0.25, 0.3) is 0 Å². The first-order valence-corrected chi connectivity index (χ1v) is 6.40. The molecule has 0 bridgehead atoms. The summed E-state index contributed by atoms with van der Waals surface area (Å²) in [6.45, 7) is 7.85. The zero-order valence-corrected chi connectivity index (χ0v) is 11.4. The minimum atomic E-state index is -0.392. The number of fused-ring (bicyclic) bond motifs is 1. The van der Waals surface area contributed by atoms with Crippen molar-refractivity contribution in [1.82, 2.24) is 4.98 Å². The highest BCUT2D eigenvalue weighted by atomic mass is 19.1. The molecule has 0 aliphatic heterocycles. The second-order valence-corrected chi connectivity index (χ2v) is 5.60. The smallest absolute Gasteiger partial charge is 0.174 e. The number of halogens is 1. The van der Waals surface area contributed by atoms with Crippen molar-refractivity contribution < 1.29 is 9.13 Å². The molecule has 2 rings (SSSR count). The van der Waals surface area contributed by atoms with Gasteiger partial charge in [0.15, 0.2) is 11.6 Å². The molecule has 1 N–H and O–H groups in total. The first-order valence-electron chi connectivity index (χ1n) is 6.40. The zero-order valence-electron chi connectivity index (χ0n) is 11.4. The summed E-state index contributed by atoms with van der Waals surface area (Å²) in [5.74, 6) is 0.0399. The molecule has 2 nitrogen and oxygen atoms in total. The van der Waals surface area contributed by atoms with Crippen LogP contribution in [0.15, 0.2) is 18.2 Å². The molecule has 98 valence electrons. The summed E-state index contributed by atoms with van der Waals surface area (Å²) in [4.78, 5) is 3.23. The van der Waals surface area contributed by atoms with Crippen LogP contribution in [0.2, 0.25) is 0 Å². The molecule has 18 heavy (non-hydrogen) atoms. The van der Waals surface area contributed by atoms with Crippen molar-refractivity contribution in [3.63, 3.8) is 0 Å². The van der Waals surface area contributed by atoms with E-state index in [-0.39, 0.29) is 5.82 Å². The van der Waals surface area contributed by atoms with Crippen molar-refractivity contribution in [2.45, 2.75) is 46.1 Å². The zero-order chi connectivity index (χ0) is 13.3. The maximum atomic E-state index is 14.3. The molecule has 0 atom stereocenters. The average Bonchev–Trinajstić information content (AvgIpc) is 2.65. The van der Waals surface area contributed by atoms with Crippen LogP contribution in [0.1, 0.15) is 39.8 Å². The Morgan fingerprint density at radius 3 is 2.61 bits per heavy atom. The highest BCUT2D eigenvalue weighted by Gasteiger charge is 2.17. The minimum absolute atomic E-state index is 0.277. The fraction of sp³-hybridized carbons (Fsp3) is 0.467. The van der Waals surface area contributed by atoms with Crippen molar-refractivity contribution in [2.75, 3.05) is 0 Å². The SMILES string of the molecule is CCCc1cc2c(F)c(OC(C)(C)C)ccc2[nH]1. The lowest BCUT2D eigenvalue weighted by atomic mass is 10.1. The van der Waals surface area contributed by atoms with Gasteiger partial charge in [0, 0.05) is 16.6 Å². The minimum Gasteiger partial charge on any atom is -0.485 e. The van der Waals surface area contributed by atoms with Gasteiger partial charge in [-0.2, -0.15) is 0 Å². The standard InChI is InChI=1S/C15H20FNO/c1-5-6-10-9-11-12(17-10)7-8-13(14(11)16)18-15(2,3)4/h7-9,17H,5-6H2,1-4H3. The summed E-state index contributed by atoms with van der Waals surface area (Å²) in [7, 11) is 0. The number of H-pyrrole nitrogens is 1. The number of hydrogen-bond donors (Lipinski definition) is 1. The maximum Gasteiger partial charge on any atom is 0.174 e. The lowest BCUT2D eigenvalue weighted by Crippen LogP contribution is -2.23. The molecule has 0 spiro atoms. The molecule has 0 fully saturated rings. The third-order valence-electron chi connectivity index (χ3n) is 2.69. The molecular weight excluding hydrogens is 229 g/mol. The van der Waals surface area contributed by atoms with E-state index in [1.807, 2.05) is 32.9 Å². The van der Waals surface area contributed by atoms with Gasteiger partial charge in [-0.25, -0.2) is 4.39 Å². The highest BCUT2D eigenvalue weighted by molar-refractivity contribution is 5.82. The van der Waals surface area contributed by atoms with Crippen molar-refractivity contribution in [3.05, 3.63) is 29.7 Å². The van der Waals surface area contributed by atoms with Gasteiger partial charge in [0.1, 0.15) is 5.60 Å². The van der Waals surface area contributed by atoms with E-state index in [9.17, 15) is 4.39 Å². The van der Waals surface area contributed by atoms with Crippen LogP contribution in [0, 0.1) is 5.82 Å². The fourth-order valence-corrected chi connectivity index (χ4v) is 2.02. The molecule has 0 aliphatic rings. The fourth-order valence-electron chi connectivity index (χ4n) is 2.02. The quantitative estimate of drug-likeness (QED) is 0.854. The summed E-state index contributed by atoms with van der Waals surface area (Å²) in [6, 6.07) is 5.44. The van der Waals surface area contributed by atoms with E-state index in [2.05, 4.69) is 11.9 Å². The van der Waals surface area contributed by atoms with E-state index in [1.54, 1.807) is 6.07 Å². The van der Waals surface area contributed by atoms with Gasteiger partial charge in [0.2, 0.25) is 0 Å². The summed E-state index contributed by atoms with van der Waals surface area (Å²) >= 11 is 0. The third-order valence-corrected chi connectivity index (χ3v) is 2.69. The molecule has 1 aromatic heterocycles. The molecule has 0 saturated heterocycles. The summed E-state index contributed by atoms with van der Waals surface area (Å²) in [5.41, 5.74) is 1.51. The summed E-state index contributed by atoms with van der Waals surface area (Å²) in [5, 5.41) is 0.611. The second-order valence-electron chi connectivity index (χ2n) is 5.60. The maximum absolute atomic E-state index is 14.3. The Morgan fingerprint density at radius 2 is 2.00 bits per heavy atom.